The summed E-state index contributed by atoms with van der Waals surface area (Å²) in [4.78, 5) is 0. The minimum absolute atomic E-state index is 0.837. The van der Waals surface area contributed by atoms with Crippen LogP contribution in [-0.4, -0.2) is 49.6 Å². The van der Waals surface area contributed by atoms with Crippen molar-refractivity contribution in [2.75, 3.05) is 28.2 Å². The van der Waals surface area contributed by atoms with Crippen molar-refractivity contribution in [3.8, 4) is 0 Å². The van der Waals surface area contributed by atoms with E-state index in [9.17, 15) is 0 Å². The summed E-state index contributed by atoms with van der Waals surface area (Å²) in [5.74, 6) is 0. The van der Waals surface area contributed by atoms with Crippen LogP contribution in [0.15, 0.2) is 70.9 Å². The lowest BCUT2D eigenvalue weighted by atomic mass is 10.0. The lowest BCUT2D eigenvalue weighted by Gasteiger charge is -2.14. The van der Waals surface area contributed by atoms with Crippen molar-refractivity contribution in [1.82, 2.24) is 10.0 Å². The van der Waals surface area contributed by atoms with Gasteiger partial charge in [-0.1, -0.05) is 60.7 Å². The molecule has 0 spiro atoms. The molecule has 0 saturated carbocycles. The zero-order valence-corrected chi connectivity index (χ0v) is 15.0. The van der Waals surface area contributed by atoms with E-state index in [-0.39, 0.29) is 0 Å². The summed E-state index contributed by atoms with van der Waals surface area (Å²) >= 11 is 0. The van der Waals surface area contributed by atoms with Gasteiger partial charge in [0.2, 0.25) is 0 Å². The van der Waals surface area contributed by atoms with E-state index in [1.165, 1.54) is 0 Å². The van der Waals surface area contributed by atoms with Gasteiger partial charge in [0.1, 0.15) is 0 Å². The Kier molecular flexibility index (Phi) is 6.55. The highest BCUT2D eigenvalue weighted by Crippen LogP contribution is 2.12. The monoisotopic (exact) mass is 322 g/mol. The number of nitrogens with zero attached hydrogens (tertiary/aromatic N) is 4. The molecule has 126 valence electrons. The molecular weight excluding hydrogens is 296 g/mol. The fourth-order valence-corrected chi connectivity index (χ4v) is 2.48. The summed E-state index contributed by atoms with van der Waals surface area (Å²) in [6.07, 6.45) is 1.67. The Morgan fingerprint density at radius 1 is 0.625 bits per heavy atom. The second-order valence-electron chi connectivity index (χ2n) is 6.02. The van der Waals surface area contributed by atoms with Gasteiger partial charge in [0.15, 0.2) is 0 Å². The molecule has 0 atom stereocenters. The molecule has 0 saturated heterocycles. The van der Waals surface area contributed by atoms with E-state index in [0.717, 1.165) is 35.4 Å². The molecule has 0 unspecified atom stereocenters. The van der Waals surface area contributed by atoms with E-state index in [2.05, 4.69) is 34.5 Å². The van der Waals surface area contributed by atoms with Crippen molar-refractivity contribution in [2.24, 2.45) is 10.2 Å². The van der Waals surface area contributed by atoms with E-state index >= 15 is 0 Å². The van der Waals surface area contributed by atoms with Crippen LogP contribution >= 0.6 is 0 Å². The molecule has 0 radical (unpaired) electrons. The summed E-state index contributed by atoms with van der Waals surface area (Å²) in [6.45, 7) is 0. The van der Waals surface area contributed by atoms with Crippen LogP contribution in [0.1, 0.15) is 24.0 Å². The van der Waals surface area contributed by atoms with E-state index in [4.69, 9.17) is 0 Å². The van der Waals surface area contributed by atoms with E-state index < -0.39 is 0 Å². The van der Waals surface area contributed by atoms with E-state index in [1.54, 1.807) is 0 Å². The summed E-state index contributed by atoms with van der Waals surface area (Å²) in [6, 6.07) is 20.7. The first-order valence-electron chi connectivity index (χ1n) is 8.16. The van der Waals surface area contributed by atoms with Gasteiger partial charge in [0, 0.05) is 28.2 Å². The standard InChI is InChI=1S/C20H26N4/c1-23(2)21-19(17-11-7-5-8-12-17)15-16-20(22-24(3)4)18-13-9-6-10-14-18/h5-14H,15-16H2,1-4H3/b21-19-,22-20-. The van der Waals surface area contributed by atoms with Crippen LogP contribution in [0.3, 0.4) is 0 Å². The van der Waals surface area contributed by atoms with Crippen LogP contribution in [0.2, 0.25) is 0 Å². The fourth-order valence-electron chi connectivity index (χ4n) is 2.48. The zero-order valence-electron chi connectivity index (χ0n) is 15.0. The molecule has 2 rings (SSSR count). The third kappa shape index (κ3) is 5.54. The lowest BCUT2D eigenvalue weighted by molar-refractivity contribution is 0.434. The smallest absolute Gasteiger partial charge is 0.0681 e. The molecule has 0 fully saturated rings. The van der Waals surface area contributed by atoms with Crippen LogP contribution in [0, 0.1) is 0 Å². The average Bonchev–Trinajstić information content (AvgIpc) is 2.58. The highest BCUT2D eigenvalue weighted by Gasteiger charge is 2.09. The molecule has 0 aromatic heterocycles. The van der Waals surface area contributed by atoms with Crippen molar-refractivity contribution < 1.29 is 0 Å². The van der Waals surface area contributed by atoms with Crippen molar-refractivity contribution in [2.45, 2.75) is 12.8 Å². The molecule has 0 aliphatic rings. The zero-order chi connectivity index (χ0) is 17.4. The Labute approximate surface area is 145 Å². The number of benzene rings is 2. The van der Waals surface area contributed by atoms with Gasteiger partial charge in [-0.3, -0.25) is 0 Å². The molecule has 24 heavy (non-hydrogen) atoms. The average molecular weight is 322 g/mol. The van der Waals surface area contributed by atoms with Crippen LogP contribution in [0.5, 0.6) is 0 Å². The molecule has 2 aromatic carbocycles. The van der Waals surface area contributed by atoms with E-state index in [0.29, 0.717) is 0 Å². The van der Waals surface area contributed by atoms with Crippen molar-refractivity contribution >= 4 is 11.4 Å². The van der Waals surface area contributed by atoms with Gasteiger partial charge < -0.3 is 10.0 Å². The van der Waals surface area contributed by atoms with Gasteiger partial charge in [0.05, 0.1) is 11.4 Å². The Bertz CT molecular complexity index is 612. The molecule has 2 aromatic rings. The van der Waals surface area contributed by atoms with Crippen molar-refractivity contribution in [3.63, 3.8) is 0 Å². The maximum absolute atomic E-state index is 4.67. The molecule has 0 aliphatic heterocycles. The van der Waals surface area contributed by atoms with Gasteiger partial charge in [-0.15, -0.1) is 0 Å². The third-order valence-corrected chi connectivity index (χ3v) is 3.45. The summed E-state index contributed by atoms with van der Waals surface area (Å²) in [7, 11) is 7.81. The highest BCUT2D eigenvalue weighted by atomic mass is 15.4. The predicted octanol–water partition coefficient (Wildman–Crippen LogP) is 3.70. The number of hydrogen-bond donors (Lipinski definition) is 0. The molecule has 4 nitrogen and oxygen atoms in total. The third-order valence-electron chi connectivity index (χ3n) is 3.45. The Morgan fingerprint density at radius 2 is 0.958 bits per heavy atom. The SMILES string of the molecule is CN(C)/N=C(/CC/C(=N/N(C)C)c1ccccc1)c1ccccc1. The Morgan fingerprint density at radius 3 is 1.25 bits per heavy atom. The topological polar surface area (TPSA) is 31.2 Å². The van der Waals surface area contributed by atoms with Crippen molar-refractivity contribution in [1.29, 1.82) is 0 Å². The van der Waals surface area contributed by atoms with Gasteiger partial charge in [-0.2, -0.15) is 10.2 Å². The normalized spacial score (nSPS) is 12.2. The fraction of sp³-hybridized carbons (Fsp3) is 0.300. The maximum Gasteiger partial charge on any atom is 0.0681 e. The number of hydrazone groups is 2. The first-order valence-corrected chi connectivity index (χ1v) is 8.16. The summed E-state index contributed by atoms with van der Waals surface area (Å²) in [5, 5.41) is 13.1. The number of rotatable bonds is 7. The van der Waals surface area contributed by atoms with Gasteiger partial charge in [-0.25, -0.2) is 0 Å². The Hall–Kier alpha value is -2.62. The molecule has 0 N–H and O–H groups in total. The predicted molar refractivity (Wildman–Crippen MR) is 103 cm³/mol. The first-order chi connectivity index (χ1) is 11.6. The largest absolute Gasteiger partial charge is 0.303 e. The van der Waals surface area contributed by atoms with Crippen LogP contribution in [0.25, 0.3) is 0 Å². The second kappa shape index (κ2) is 8.87. The van der Waals surface area contributed by atoms with Crippen LogP contribution in [-0.2, 0) is 0 Å². The number of hydrogen-bond acceptors (Lipinski definition) is 4. The van der Waals surface area contributed by atoms with Crippen LogP contribution < -0.4 is 0 Å². The molecule has 0 bridgehead atoms. The van der Waals surface area contributed by atoms with Gasteiger partial charge >= 0.3 is 0 Å². The molecule has 0 heterocycles. The summed E-state index contributed by atoms with van der Waals surface area (Å²) < 4.78 is 0. The quantitative estimate of drug-likeness (QED) is 0.575. The Balaban J connectivity index is 2.22. The summed E-state index contributed by atoms with van der Waals surface area (Å²) in [5.41, 5.74) is 4.46. The minimum atomic E-state index is 0.837. The lowest BCUT2D eigenvalue weighted by Crippen LogP contribution is -2.15. The molecule has 0 amide bonds. The van der Waals surface area contributed by atoms with Gasteiger partial charge in [0.25, 0.3) is 0 Å². The first kappa shape index (κ1) is 17.7. The van der Waals surface area contributed by atoms with Crippen molar-refractivity contribution in [3.05, 3.63) is 71.8 Å². The molecule has 0 aliphatic carbocycles. The molecular formula is C20H26N4. The maximum atomic E-state index is 4.67. The van der Waals surface area contributed by atoms with Gasteiger partial charge in [-0.05, 0) is 24.0 Å². The minimum Gasteiger partial charge on any atom is -0.303 e. The second-order valence-corrected chi connectivity index (χ2v) is 6.02. The highest BCUT2D eigenvalue weighted by molar-refractivity contribution is 6.06. The molecule has 4 heteroatoms. The van der Waals surface area contributed by atoms with E-state index in [1.807, 2.05) is 74.6 Å². The van der Waals surface area contributed by atoms with Crippen LogP contribution in [0.4, 0.5) is 0 Å².